The van der Waals surface area contributed by atoms with Gasteiger partial charge in [-0.15, -0.1) is 0 Å². The largest absolute Gasteiger partial charge is 0.489 e. The van der Waals surface area contributed by atoms with E-state index >= 15 is 0 Å². The third kappa shape index (κ3) is 4.36. The van der Waals surface area contributed by atoms with E-state index < -0.39 is 16.0 Å². The molecule has 0 atom stereocenters. The fourth-order valence-electron chi connectivity index (χ4n) is 1.72. The predicted octanol–water partition coefficient (Wildman–Crippen LogP) is 2.47. The summed E-state index contributed by atoms with van der Waals surface area (Å²) in [6, 6.07) is 7.48. The molecule has 0 saturated heterocycles. The molecule has 23 heavy (non-hydrogen) atoms. The molecule has 8 heteroatoms. The van der Waals surface area contributed by atoms with Crippen molar-refractivity contribution in [1.29, 1.82) is 0 Å². The molecule has 0 aliphatic carbocycles. The third-order valence-electron chi connectivity index (χ3n) is 2.77. The fraction of sp³-hybridized carbons (Fsp3) is 0.133. The Bertz CT molecular complexity index is 839. The van der Waals surface area contributed by atoms with E-state index in [0.717, 1.165) is 17.8 Å². The number of aromatic carboxylic acids is 1. The highest BCUT2D eigenvalue weighted by atomic mass is 32.2. The second-order valence-electron chi connectivity index (χ2n) is 4.93. The smallest absolute Gasteiger partial charge is 0.352 e. The third-order valence-corrected chi connectivity index (χ3v) is 4.13. The summed E-state index contributed by atoms with van der Waals surface area (Å²) in [5.41, 5.74) is 0.940. The molecule has 1 aromatic carbocycles. The average molecular weight is 336 g/mol. The zero-order valence-corrected chi connectivity index (χ0v) is 13.2. The van der Waals surface area contributed by atoms with Crippen LogP contribution in [0.4, 0.5) is 5.69 Å². The number of nitrogens with one attached hydrogen (secondary N) is 2. The van der Waals surface area contributed by atoms with Crippen molar-refractivity contribution in [1.82, 2.24) is 4.98 Å². The number of anilines is 1. The number of benzene rings is 1. The number of carboxylic acid groups (broad SMARTS) is 1. The molecule has 0 amide bonds. The van der Waals surface area contributed by atoms with Gasteiger partial charge in [0.1, 0.15) is 22.9 Å². The molecule has 7 nitrogen and oxygen atoms in total. The molecule has 0 spiro atoms. The highest BCUT2D eigenvalue weighted by Crippen LogP contribution is 2.21. The number of hydrogen-bond donors (Lipinski definition) is 3. The second kappa shape index (κ2) is 6.57. The molecule has 2 rings (SSSR count). The van der Waals surface area contributed by atoms with Crippen molar-refractivity contribution in [3.63, 3.8) is 0 Å². The van der Waals surface area contributed by atoms with Crippen LogP contribution in [-0.4, -0.2) is 31.1 Å². The van der Waals surface area contributed by atoms with Crippen molar-refractivity contribution >= 4 is 21.7 Å². The Morgan fingerprint density at radius 1 is 1.39 bits per heavy atom. The van der Waals surface area contributed by atoms with Crippen LogP contribution in [-0.2, 0) is 10.0 Å². The molecule has 0 fully saturated rings. The molecule has 1 heterocycles. The van der Waals surface area contributed by atoms with E-state index in [0.29, 0.717) is 18.0 Å². The number of aromatic amines is 1. The topological polar surface area (TPSA) is 108 Å². The van der Waals surface area contributed by atoms with E-state index in [1.807, 2.05) is 6.92 Å². The molecule has 0 unspecified atom stereocenters. The van der Waals surface area contributed by atoms with Crippen LogP contribution in [0, 0.1) is 0 Å². The highest BCUT2D eigenvalue weighted by Gasteiger charge is 2.18. The Labute approximate surface area is 133 Å². The van der Waals surface area contributed by atoms with Gasteiger partial charge in [-0.25, -0.2) is 13.2 Å². The van der Waals surface area contributed by atoms with E-state index in [1.165, 1.54) is 6.07 Å². The summed E-state index contributed by atoms with van der Waals surface area (Å²) in [5.74, 6) is -0.741. The number of carboxylic acids is 1. The van der Waals surface area contributed by atoms with Crippen molar-refractivity contribution in [2.45, 2.75) is 11.8 Å². The van der Waals surface area contributed by atoms with Crippen molar-refractivity contribution in [2.24, 2.45) is 0 Å². The number of H-pyrrole nitrogens is 1. The van der Waals surface area contributed by atoms with Crippen LogP contribution in [0.5, 0.6) is 5.75 Å². The van der Waals surface area contributed by atoms with Crippen molar-refractivity contribution in [2.75, 3.05) is 11.3 Å². The molecule has 3 N–H and O–H groups in total. The molecule has 0 saturated carbocycles. The number of rotatable bonds is 7. The molecular weight excluding hydrogens is 320 g/mol. The van der Waals surface area contributed by atoms with Gasteiger partial charge in [-0.3, -0.25) is 4.72 Å². The van der Waals surface area contributed by atoms with Gasteiger partial charge in [0.15, 0.2) is 0 Å². The van der Waals surface area contributed by atoms with Crippen molar-refractivity contribution in [3.8, 4) is 5.75 Å². The van der Waals surface area contributed by atoms with Gasteiger partial charge in [0.05, 0.1) is 5.69 Å². The summed E-state index contributed by atoms with van der Waals surface area (Å²) in [7, 11) is -3.89. The molecule has 122 valence electrons. The average Bonchev–Trinajstić information content (AvgIpc) is 2.96. The predicted molar refractivity (Wildman–Crippen MR) is 85.3 cm³/mol. The molecule has 0 aliphatic heterocycles. The summed E-state index contributed by atoms with van der Waals surface area (Å²) in [5, 5.41) is 8.82. The number of sulfonamides is 1. The second-order valence-corrected chi connectivity index (χ2v) is 6.62. The van der Waals surface area contributed by atoms with Crippen LogP contribution in [0.1, 0.15) is 17.4 Å². The van der Waals surface area contributed by atoms with Gasteiger partial charge in [-0.2, -0.15) is 0 Å². The fourth-order valence-corrected chi connectivity index (χ4v) is 2.77. The number of carbonyl (C=O) groups is 1. The van der Waals surface area contributed by atoms with Crippen LogP contribution in [0.15, 0.2) is 53.6 Å². The lowest BCUT2D eigenvalue weighted by Crippen LogP contribution is -2.12. The zero-order chi connectivity index (χ0) is 17.0. The van der Waals surface area contributed by atoms with Gasteiger partial charge in [0, 0.05) is 12.3 Å². The maximum absolute atomic E-state index is 12.2. The normalized spacial score (nSPS) is 11.0. The monoisotopic (exact) mass is 336 g/mol. The summed E-state index contributed by atoms with van der Waals surface area (Å²) in [6.07, 6.45) is 1.12. The summed E-state index contributed by atoms with van der Waals surface area (Å²) < 4.78 is 32.3. The van der Waals surface area contributed by atoms with Gasteiger partial charge in [-0.1, -0.05) is 12.6 Å². The van der Waals surface area contributed by atoms with E-state index in [-0.39, 0.29) is 10.6 Å². The Morgan fingerprint density at radius 2 is 2.13 bits per heavy atom. The first-order valence-electron chi connectivity index (χ1n) is 6.60. The minimum atomic E-state index is -3.89. The lowest BCUT2D eigenvalue weighted by Gasteiger charge is -2.09. The molecule has 1 aromatic heterocycles. The van der Waals surface area contributed by atoms with Crippen LogP contribution in [0.2, 0.25) is 0 Å². The Balaban J connectivity index is 2.18. The first-order valence-corrected chi connectivity index (χ1v) is 8.08. The zero-order valence-electron chi connectivity index (χ0n) is 12.4. The lowest BCUT2D eigenvalue weighted by atomic mass is 10.3. The molecule has 2 aromatic rings. The lowest BCUT2D eigenvalue weighted by molar-refractivity contribution is 0.0691. The Kier molecular flexibility index (Phi) is 4.75. The summed E-state index contributed by atoms with van der Waals surface area (Å²) in [6.45, 7) is 5.87. The summed E-state index contributed by atoms with van der Waals surface area (Å²) >= 11 is 0. The van der Waals surface area contributed by atoms with Gasteiger partial charge in [0.2, 0.25) is 0 Å². The SMILES string of the molecule is C=C(C)COc1cccc(NS(=O)(=O)c2c[nH]c(C(=O)O)c2)c1. The van der Waals surface area contributed by atoms with Crippen molar-refractivity contribution in [3.05, 3.63) is 54.4 Å². The maximum Gasteiger partial charge on any atom is 0.352 e. The van der Waals surface area contributed by atoms with Gasteiger partial charge in [-0.05, 0) is 30.7 Å². The minimum absolute atomic E-state index is 0.164. The van der Waals surface area contributed by atoms with Crippen LogP contribution < -0.4 is 9.46 Å². The molecule has 0 radical (unpaired) electrons. The van der Waals surface area contributed by atoms with Gasteiger partial charge < -0.3 is 14.8 Å². The number of aromatic nitrogens is 1. The highest BCUT2D eigenvalue weighted by molar-refractivity contribution is 7.92. The van der Waals surface area contributed by atoms with E-state index in [2.05, 4.69) is 16.3 Å². The van der Waals surface area contributed by atoms with Crippen molar-refractivity contribution < 1.29 is 23.1 Å². The first-order chi connectivity index (χ1) is 10.8. The molecule has 0 aliphatic rings. The molecule has 0 bridgehead atoms. The standard InChI is InChI=1S/C15H16N2O5S/c1-10(2)9-22-12-5-3-4-11(6-12)17-23(20,21)13-7-14(15(18)19)16-8-13/h3-8,16-17H,1,9H2,2H3,(H,18,19). The van der Waals surface area contributed by atoms with E-state index in [1.54, 1.807) is 18.2 Å². The van der Waals surface area contributed by atoms with Crippen LogP contribution >= 0.6 is 0 Å². The van der Waals surface area contributed by atoms with E-state index in [4.69, 9.17) is 9.84 Å². The quantitative estimate of drug-likeness (QED) is 0.673. The van der Waals surface area contributed by atoms with Gasteiger partial charge >= 0.3 is 5.97 Å². The van der Waals surface area contributed by atoms with Gasteiger partial charge in [0.25, 0.3) is 10.0 Å². The van der Waals surface area contributed by atoms with Crippen LogP contribution in [0.3, 0.4) is 0 Å². The Hall–Kier alpha value is -2.74. The summed E-state index contributed by atoms with van der Waals surface area (Å²) in [4.78, 5) is 13.0. The first kappa shape index (κ1) is 16.6. The van der Waals surface area contributed by atoms with E-state index in [9.17, 15) is 13.2 Å². The minimum Gasteiger partial charge on any atom is -0.489 e. The molecular formula is C15H16N2O5S. The van der Waals surface area contributed by atoms with Crippen LogP contribution in [0.25, 0.3) is 0 Å². The maximum atomic E-state index is 12.2. The number of hydrogen-bond acceptors (Lipinski definition) is 4. The number of ether oxygens (including phenoxy) is 1. The Morgan fingerprint density at radius 3 is 2.74 bits per heavy atom.